The van der Waals surface area contributed by atoms with Crippen LogP contribution in [0.3, 0.4) is 0 Å². The first-order valence-corrected chi connectivity index (χ1v) is 14.9. The molecule has 1 unspecified atom stereocenters. The third-order valence-corrected chi connectivity index (χ3v) is 10.2. The predicted molar refractivity (Wildman–Crippen MR) is 132 cm³/mol. The van der Waals surface area contributed by atoms with Crippen LogP contribution in [0.25, 0.3) is 0 Å². The molecule has 4 rings (SSSR count). The Bertz CT molecular complexity index is 960. The van der Waals surface area contributed by atoms with E-state index in [4.69, 9.17) is 4.74 Å². The second-order valence-corrected chi connectivity index (χ2v) is 14.0. The van der Waals surface area contributed by atoms with E-state index in [1.54, 1.807) is 6.07 Å². The van der Waals surface area contributed by atoms with Gasteiger partial charge in [-0.15, -0.1) is 0 Å². The van der Waals surface area contributed by atoms with Crippen molar-refractivity contribution in [2.24, 2.45) is 11.8 Å². The van der Waals surface area contributed by atoms with Crippen LogP contribution in [0, 0.1) is 24.6 Å². The summed E-state index contributed by atoms with van der Waals surface area (Å²) in [5.41, 5.74) is 3.32. The van der Waals surface area contributed by atoms with Gasteiger partial charge in [0.15, 0.2) is 0 Å². The highest BCUT2D eigenvalue weighted by Crippen LogP contribution is 2.52. The number of benzene rings is 2. The lowest BCUT2D eigenvalue weighted by Crippen LogP contribution is -2.20. The summed E-state index contributed by atoms with van der Waals surface area (Å²) in [6, 6.07) is 14.0. The van der Waals surface area contributed by atoms with Crippen LogP contribution in [0.2, 0.25) is 0 Å². The van der Waals surface area contributed by atoms with Crippen LogP contribution < -0.4 is 4.74 Å². The lowest BCUT2D eigenvalue weighted by Gasteiger charge is -2.29. The molecule has 0 aromatic heterocycles. The molecule has 0 heterocycles. The summed E-state index contributed by atoms with van der Waals surface area (Å²) in [7, 11) is -2.07. The van der Waals surface area contributed by atoms with Gasteiger partial charge in [-0.3, -0.25) is 0 Å². The molecule has 2 fully saturated rings. The van der Waals surface area contributed by atoms with Crippen molar-refractivity contribution >= 4 is 7.14 Å². The maximum atomic E-state index is 14.3. The molecule has 0 amide bonds. The molecule has 2 saturated carbocycles. The molecule has 0 bridgehead atoms. The topological polar surface area (TPSA) is 26.3 Å². The normalized spacial score (nSPS) is 24.0. The van der Waals surface area contributed by atoms with Crippen LogP contribution in [0.15, 0.2) is 42.5 Å². The van der Waals surface area contributed by atoms with E-state index in [1.807, 2.05) is 38.7 Å². The van der Waals surface area contributed by atoms with Gasteiger partial charge in [0.25, 0.3) is 0 Å². The zero-order valence-electron chi connectivity index (χ0n) is 19.9. The van der Waals surface area contributed by atoms with E-state index in [0.717, 1.165) is 61.5 Å². The van der Waals surface area contributed by atoms with E-state index in [1.165, 1.54) is 18.4 Å². The average molecular weight is 457 g/mol. The minimum absolute atomic E-state index is 0.0583. The SMILES string of the molecule is CCP(C)(=O)C[C@H](c1cccc(OCC2CCC(c3cc(C)ccc3F)CC2)c1)C1CC1. The Morgan fingerprint density at radius 1 is 1.06 bits per heavy atom. The van der Waals surface area contributed by atoms with Crippen LogP contribution >= 0.6 is 7.14 Å². The van der Waals surface area contributed by atoms with E-state index in [-0.39, 0.29) is 5.82 Å². The summed E-state index contributed by atoms with van der Waals surface area (Å²) in [5.74, 6) is 2.81. The number of rotatable bonds is 9. The third-order valence-electron chi connectivity index (χ3n) is 7.65. The molecule has 2 atom stereocenters. The van der Waals surface area contributed by atoms with Crippen molar-refractivity contribution in [1.29, 1.82) is 0 Å². The molecule has 0 radical (unpaired) electrons. The Hall–Kier alpha value is -1.60. The van der Waals surface area contributed by atoms with E-state index < -0.39 is 7.14 Å². The van der Waals surface area contributed by atoms with Crippen molar-refractivity contribution < 1.29 is 13.7 Å². The predicted octanol–water partition coefficient (Wildman–Crippen LogP) is 7.99. The molecule has 32 heavy (non-hydrogen) atoms. The van der Waals surface area contributed by atoms with E-state index in [9.17, 15) is 8.96 Å². The zero-order chi connectivity index (χ0) is 22.7. The highest BCUT2D eigenvalue weighted by molar-refractivity contribution is 7.63. The van der Waals surface area contributed by atoms with E-state index in [2.05, 4.69) is 18.2 Å². The molecule has 0 aliphatic heterocycles. The average Bonchev–Trinajstić information content (AvgIpc) is 3.64. The van der Waals surface area contributed by atoms with Gasteiger partial charge in [-0.05, 0) is 111 Å². The Kier molecular flexibility index (Phi) is 7.45. The van der Waals surface area contributed by atoms with Gasteiger partial charge < -0.3 is 9.30 Å². The highest BCUT2D eigenvalue weighted by atomic mass is 31.2. The molecule has 0 N–H and O–H groups in total. The smallest absolute Gasteiger partial charge is 0.126 e. The van der Waals surface area contributed by atoms with Gasteiger partial charge in [0.05, 0.1) is 13.7 Å². The second-order valence-electron chi connectivity index (χ2n) is 10.4. The summed E-state index contributed by atoms with van der Waals surface area (Å²) in [6.45, 7) is 6.77. The largest absolute Gasteiger partial charge is 0.493 e. The van der Waals surface area contributed by atoms with Gasteiger partial charge in [0.1, 0.15) is 11.6 Å². The van der Waals surface area contributed by atoms with Crippen molar-refractivity contribution in [3.05, 3.63) is 65.0 Å². The Labute approximate surface area is 193 Å². The Morgan fingerprint density at radius 2 is 1.81 bits per heavy atom. The summed E-state index contributed by atoms with van der Waals surface area (Å²) in [4.78, 5) is 0. The Balaban J connectivity index is 1.33. The fraction of sp³-hybridized carbons (Fsp3) is 0.571. The van der Waals surface area contributed by atoms with Gasteiger partial charge in [-0.25, -0.2) is 4.39 Å². The van der Waals surface area contributed by atoms with Crippen molar-refractivity contribution in [2.75, 3.05) is 25.6 Å². The van der Waals surface area contributed by atoms with Crippen molar-refractivity contribution in [2.45, 2.75) is 64.2 Å². The molecule has 2 aromatic rings. The molecular formula is C28H38FO2P. The summed E-state index contributed by atoms with van der Waals surface area (Å²) >= 11 is 0. The standard InChI is InChI=1S/C28H38FO2P/c1-4-32(3,30)19-27(23-13-14-23)24-6-5-7-25(17-24)31-18-21-9-11-22(12-10-21)26-16-20(2)8-15-28(26)29/h5-8,15-17,21-23,27H,4,9-14,18-19H2,1-3H3/t21?,22?,27-,32?/m0/s1. The lowest BCUT2D eigenvalue weighted by molar-refractivity contribution is 0.199. The molecule has 0 saturated heterocycles. The van der Waals surface area contributed by atoms with Crippen molar-refractivity contribution in [3.8, 4) is 5.75 Å². The van der Waals surface area contributed by atoms with Crippen LogP contribution in [0.1, 0.15) is 74.0 Å². The third kappa shape index (κ3) is 6.04. The summed E-state index contributed by atoms with van der Waals surface area (Å²) in [6.07, 6.45) is 8.32. The van der Waals surface area contributed by atoms with Gasteiger partial charge in [0, 0.05) is 6.16 Å². The van der Waals surface area contributed by atoms with Crippen molar-refractivity contribution in [1.82, 2.24) is 0 Å². The first kappa shape index (κ1) is 23.6. The van der Waals surface area contributed by atoms with Gasteiger partial charge >= 0.3 is 0 Å². The van der Waals surface area contributed by atoms with Crippen LogP contribution in [0.4, 0.5) is 4.39 Å². The monoisotopic (exact) mass is 456 g/mol. The quantitative estimate of drug-likeness (QED) is 0.357. The number of aryl methyl sites for hydroxylation is 1. The number of ether oxygens (including phenoxy) is 1. The van der Waals surface area contributed by atoms with Crippen molar-refractivity contribution in [3.63, 3.8) is 0 Å². The van der Waals surface area contributed by atoms with Crippen LogP contribution in [-0.4, -0.2) is 25.6 Å². The molecule has 174 valence electrons. The second kappa shape index (κ2) is 10.1. The van der Waals surface area contributed by atoms with Gasteiger partial charge in [-0.1, -0.05) is 36.8 Å². The van der Waals surface area contributed by atoms with E-state index in [0.29, 0.717) is 23.7 Å². The first-order valence-electron chi connectivity index (χ1n) is 12.4. The highest BCUT2D eigenvalue weighted by Gasteiger charge is 2.35. The maximum absolute atomic E-state index is 14.3. The number of hydrogen-bond acceptors (Lipinski definition) is 2. The number of halogens is 1. The molecule has 2 aliphatic carbocycles. The minimum atomic E-state index is -2.07. The van der Waals surface area contributed by atoms with Crippen LogP contribution in [0.5, 0.6) is 5.75 Å². The van der Waals surface area contributed by atoms with Gasteiger partial charge in [-0.2, -0.15) is 0 Å². The van der Waals surface area contributed by atoms with Gasteiger partial charge in [0.2, 0.25) is 0 Å². The minimum Gasteiger partial charge on any atom is -0.493 e. The lowest BCUT2D eigenvalue weighted by atomic mass is 9.78. The fourth-order valence-corrected chi connectivity index (χ4v) is 6.83. The summed E-state index contributed by atoms with van der Waals surface area (Å²) in [5, 5.41) is 0. The fourth-order valence-electron chi connectivity index (χ4n) is 5.24. The molecule has 2 aliphatic rings. The molecule has 2 nitrogen and oxygen atoms in total. The van der Waals surface area contributed by atoms with Crippen LogP contribution in [-0.2, 0) is 4.57 Å². The molecule has 2 aromatic carbocycles. The number of hydrogen-bond donors (Lipinski definition) is 0. The first-order chi connectivity index (χ1) is 15.3. The molecular weight excluding hydrogens is 418 g/mol. The van der Waals surface area contributed by atoms with E-state index >= 15 is 0 Å². The Morgan fingerprint density at radius 3 is 2.50 bits per heavy atom. The molecule has 4 heteroatoms. The zero-order valence-corrected chi connectivity index (χ0v) is 20.8. The molecule has 0 spiro atoms. The summed E-state index contributed by atoms with van der Waals surface area (Å²) < 4.78 is 33.3. The maximum Gasteiger partial charge on any atom is 0.126 e.